The lowest BCUT2D eigenvalue weighted by atomic mass is 10.0. The SMILES string of the molecule is CCCCCCCOC(c1ccc([N+](=O)[O-])cc1)c1c[nH]c(=O)[nH]c1=O. The standard InChI is InChI=1S/C18H23N3O5/c1-2-3-4-5-6-11-26-16(15-12-19-18(23)20-17(15)22)13-7-9-14(10-8-13)21(24)25/h7-10,12,16H,2-6,11H2,1H3,(H2,19,20,22,23). The maximum absolute atomic E-state index is 12.1. The Kier molecular flexibility index (Phi) is 7.28. The Balaban J connectivity index is 2.19. The Morgan fingerprint density at radius 2 is 1.81 bits per heavy atom. The average Bonchev–Trinajstić information content (AvgIpc) is 2.62. The normalized spacial score (nSPS) is 12.0. The van der Waals surface area contributed by atoms with Crippen LogP contribution in [0.5, 0.6) is 0 Å². The fraction of sp³-hybridized carbons (Fsp3) is 0.444. The quantitative estimate of drug-likeness (QED) is 0.383. The third-order valence-electron chi connectivity index (χ3n) is 4.07. The van der Waals surface area contributed by atoms with Gasteiger partial charge in [-0.05, 0) is 24.1 Å². The minimum Gasteiger partial charge on any atom is -0.369 e. The highest BCUT2D eigenvalue weighted by Gasteiger charge is 2.19. The van der Waals surface area contributed by atoms with Gasteiger partial charge in [0.1, 0.15) is 6.10 Å². The molecule has 1 heterocycles. The van der Waals surface area contributed by atoms with Crippen LogP contribution < -0.4 is 11.2 Å². The Labute approximate surface area is 150 Å². The first-order chi connectivity index (χ1) is 12.5. The Morgan fingerprint density at radius 1 is 1.12 bits per heavy atom. The third-order valence-corrected chi connectivity index (χ3v) is 4.07. The number of nitrogens with one attached hydrogen (secondary N) is 2. The average molecular weight is 361 g/mol. The first-order valence-electron chi connectivity index (χ1n) is 8.70. The van der Waals surface area contributed by atoms with Crippen LogP contribution in [0.25, 0.3) is 0 Å². The molecule has 140 valence electrons. The second-order valence-electron chi connectivity index (χ2n) is 6.04. The molecule has 0 saturated heterocycles. The molecule has 1 aromatic heterocycles. The zero-order valence-corrected chi connectivity index (χ0v) is 14.7. The lowest BCUT2D eigenvalue weighted by Gasteiger charge is -2.18. The van der Waals surface area contributed by atoms with E-state index in [4.69, 9.17) is 4.74 Å². The van der Waals surface area contributed by atoms with Crippen LogP contribution in [0.2, 0.25) is 0 Å². The van der Waals surface area contributed by atoms with Crippen LogP contribution in [0, 0.1) is 10.1 Å². The van der Waals surface area contributed by atoms with Gasteiger partial charge in [0.2, 0.25) is 0 Å². The molecule has 8 nitrogen and oxygen atoms in total. The molecule has 8 heteroatoms. The molecular weight excluding hydrogens is 338 g/mol. The summed E-state index contributed by atoms with van der Waals surface area (Å²) < 4.78 is 5.90. The van der Waals surface area contributed by atoms with E-state index in [1.165, 1.54) is 24.8 Å². The van der Waals surface area contributed by atoms with Crippen LogP contribution in [0.1, 0.15) is 56.3 Å². The number of nitrogens with zero attached hydrogens (tertiary/aromatic N) is 1. The molecule has 0 aliphatic carbocycles. The van der Waals surface area contributed by atoms with E-state index in [-0.39, 0.29) is 11.3 Å². The van der Waals surface area contributed by atoms with E-state index in [1.54, 1.807) is 12.1 Å². The van der Waals surface area contributed by atoms with E-state index >= 15 is 0 Å². The number of aromatic nitrogens is 2. The maximum Gasteiger partial charge on any atom is 0.325 e. The summed E-state index contributed by atoms with van der Waals surface area (Å²) >= 11 is 0. The number of hydrogen-bond donors (Lipinski definition) is 2. The molecule has 0 saturated carbocycles. The molecule has 0 aliphatic rings. The Hall–Kier alpha value is -2.74. The highest BCUT2D eigenvalue weighted by Crippen LogP contribution is 2.25. The van der Waals surface area contributed by atoms with Crippen molar-refractivity contribution in [3.63, 3.8) is 0 Å². The van der Waals surface area contributed by atoms with Crippen molar-refractivity contribution in [2.45, 2.75) is 45.1 Å². The zero-order valence-electron chi connectivity index (χ0n) is 14.7. The summed E-state index contributed by atoms with van der Waals surface area (Å²) in [6.07, 6.45) is 5.95. The van der Waals surface area contributed by atoms with Gasteiger partial charge in [0.15, 0.2) is 0 Å². The molecule has 2 rings (SSSR count). The second kappa shape index (κ2) is 9.67. The number of ether oxygens (including phenoxy) is 1. The van der Waals surface area contributed by atoms with Gasteiger partial charge in [0, 0.05) is 24.9 Å². The highest BCUT2D eigenvalue weighted by molar-refractivity contribution is 5.36. The molecule has 0 spiro atoms. The topological polar surface area (TPSA) is 118 Å². The first-order valence-corrected chi connectivity index (χ1v) is 8.70. The summed E-state index contributed by atoms with van der Waals surface area (Å²) in [6, 6.07) is 5.86. The molecular formula is C18H23N3O5. The van der Waals surface area contributed by atoms with Crippen molar-refractivity contribution in [3.8, 4) is 0 Å². The number of unbranched alkanes of at least 4 members (excludes halogenated alkanes) is 4. The van der Waals surface area contributed by atoms with E-state index in [9.17, 15) is 19.7 Å². The summed E-state index contributed by atoms with van der Waals surface area (Å²) in [7, 11) is 0. The second-order valence-corrected chi connectivity index (χ2v) is 6.04. The minimum atomic E-state index is -0.706. The summed E-state index contributed by atoms with van der Waals surface area (Å²) in [5.74, 6) is 0. The van der Waals surface area contributed by atoms with E-state index in [0.717, 1.165) is 25.7 Å². The number of H-pyrrole nitrogens is 2. The van der Waals surface area contributed by atoms with Crippen molar-refractivity contribution < 1.29 is 9.66 Å². The van der Waals surface area contributed by atoms with E-state index in [1.807, 2.05) is 0 Å². The fourth-order valence-electron chi connectivity index (χ4n) is 2.66. The van der Waals surface area contributed by atoms with Crippen LogP contribution in [0.15, 0.2) is 40.1 Å². The van der Waals surface area contributed by atoms with E-state index < -0.39 is 22.3 Å². The predicted octanol–water partition coefficient (Wildman–Crippen LogP) is 3.05. The van der Waals surface area contributed by atoms with Gasteiger partial charge in [-0.2, -0.15) is 0 Å². The van der Waals surface area contributed by atoms with Crippen LogP contribution >= 0.6 is 0 Å². The third kappa shape index (κ3) is 5.38. The first kappa shape index (κ1) is 19.6. The molecule has 0 aliphatic heterocycles. The van der Waals surface area contributed by atoms with Crippen molar-refractivity contribution >= 4 is 5.69 Å². The molecule has 0 amide bonds. The van der Waals surface area contributed by atoms with Crippen LogP contribution in [-0.4, -0.2) is 21.5 Å². The molecule has 0 fully saturated rings. The number of hydrogen-bond acceptors (Lipinski definition) is 5. The maximum atomic E-state index is 12.1. The van der Waals surface area contributed by atoms with Gasteiger partial charge in [-0.3, -0.25) is 19.9 Å². The largest absolute Gasteiger partial charge is 0.369 e. The van der Waals surface area contributed by atoms with Crippen molar-refractivity contribution in [1.82, 2.24) is 9.97 Å². The molecule has 2 aromatic rings. The molecule has 2 N–H and O–H groups in total. The molecule has 0 bridgehead atoms. The number of non-ortho nitro benzene ring substituents is 1. The summed E-state index contributed by atoms with van der Waals surface area (Å²) in [4.78, 5) is 38.4. The zero-order chi connectivity index (χ0) is 18.9. The van der Waals surface area contributed by atoms with Gasteiger partial charge in [-0.15, -0.1) is 0 Å². The fourth-order valence-corrected chi connectivity index (χ4v) is 2.66. The van der Waals surface area contributed by atoms with Gasteiger partial charge in [-0.25, -0.2) is 4.79 Å². The predicted molar refractivity (Wildman–Crippen MR) is 97.3 cm³/mol. The molecule has 1 unspecified atom stereocenters. The van der Waals surface area contributed by atoms with Gasteiger partial charge < -0.3 is 9.72 Å². The smallest absolute Gasteiger partial charge is 0.325 e. The molecule has 0 radical (unpaired) electrons. The molecule has 26 heavy (non-hydrogen) atoms. The number of benzene rings is 1. The van der Waals surface area contributed by atoms with Gasteiger partial charge in [-0.1, -0.05) is 32.6 Å². The van der Waals surface area contributed by atoms with Crippen molar-refractivity contribution in [3.05, 3.63) is 72.5 Å². The van der Waals surface area contributed by atoms with Crippen LogP contribution in [0.3, 0.4) is 0 Å². The van der Waals surface area contributed by atoms with Crippen LogP contribution in [-0.2, 0) is 4.74 Å². The minimum absolute atomic E-state index is 0.0394. The number of aromatic amines is 2. The van der Waals surface area contributed by atoms with Crippen LogP contribution in [0.4, 0.5) is 5.69 Å². The van der Waals surface area contributed by atoms with Gasteiger partial charge in [0.25, 0.3) is 11.2 Å². The Bertz CT molecular complexity index is 826. The van der Waals surface area contributed by atoms with Gasteiger partial charge in [0.05, 0.1) is 10.5 Å². The number of nitro benzene ring substituents is 1. The highest BCUT2D eigenvalue weighted by atomic mass is 16.6. The molecule has 1 aromatic carbocycles. The number of rotatable bonds is 10. The lowest BCUT2D eigenvalue weighted by Crippen LogP contribution is -2.27. The van der Waals surface area contributed by atoms with Crippen molar-refractivity contribution in [2.75, 3.05) is 6.61 Å². The van der Waals surface area contributed by atoms with Gasteiger partial charge >= 0.3 is 5.69 Å². The Morgan fingerprint density at radius 3 is 2.42 bits per heavy atom. The monoisotopic (exact) mass is 361 g/mol. The van der Waals surface area contributed by atoms with Crippen molar-refractivity contribution in [1.29, 1.82) is 0 Å². The lowest BCUT2D eigenvalue weighted by molar-refractivity contribution is -0.384. The molecule has 1 atom stereocenters. The van der Waals surface area contributed by atoms with E-state index in [0.29, 0.717) is 12.2 Å². The summed E-state index contributed by atoms with van der Waals surface area (Å²) in [5.41, 5.74) is -0.306. The number of nitro groups is 1. The summed E-state index contributed by atoms with van der Waals surface area (Å²) in [6.45, 7) is 2.59. The van der Waals surface area contributed by atoms with E-state index in [2.05, 4.69) is 16.9 Å². The summed E-state index contributed by atoms with van der Waals surface area (Å²) in [5, 5.41) is 10.8. The van der Waals surface area contributed by atoms with Crippen molar-refractivity contribution in [2.24, 2.45) is 0 Å².